The Hall–Kier alpha value is -6.37. The van der Waals surface area contributed by atoms with Gasteiger partial charge in [0.15, 0.2) is 10.8 Å². The molecule has 0 radical (unpaired) electrons. The Labute approximate surface area is 502 Å². The van der Waals surface area contributed by atoms with Gasteiger partial charge in [0, 0.05) is 40.0 Å². The number of aryl methyl sites for hydroxylation is 1. The van der Waals surface area contributed by atoms with Crippen LogP contribution in [0.5, 0.6) is 0 Å². The van der Waals surface area contributed by atoms with E-state index in [1.165, 1.54) is 0 Å². The maximum absolute atomic E-state index is 16.4. The molecule has 0 amide bonds. The van der Waals surface area contributed by atoms with E-state index < -0.39 is 145 Å². The van der Waals surface area contributed by atoms with Crippen molar-refractivity contribution in [3.8, 4) is 0 Å². The van der Waals surface area contributed by atoms with Gasteiger partial charge in [-0.15, -0.1) is 4.89 Å². The third-order valence-electron chi connectivity index (χ3n) is 24.2. The van der Waals surface area contributed by atoms with Crippen LogP contribution in [0.4, 0.5) is 0 Å². The molecule has 25 heteroatoms. The SMILES string of the molecule is CC(C(=O)OCCN[P+](=O)O)(C(=O)OCCNP(=O)(O)O)C12CCc3cc4cc5c6c7c8c9c%10c%11c%12c(cc%13ccc1c1c%14c%15c%16c(c3C%152)c4c6c8c%16c%10c%14c%12c%131)C=C1CC2CC7(C=C5)C23C(C(=O)OCCCP(=O)(O)O)(C(=O)OCCCP(=O)(O)O)C93C1%11. The minimum Gasteiger partial charge on any atom is -0.465 e. The van der Waals surface area contributed by atoms with Crippen molar-refractivity contribution in [3.05, 3.63) is 92.1 Å². The van der Waals surface area contributed by atoms with Gasteiger partial charge in [0.25, 0.3) is 0 Å². The van der Waals surface area contributed by atoms with Gasteiger partial charge in [0.05, 0.1) is 32.1 Å². The Morgan fingerprint density at radius 2 is 1.26 bits per heavy atom. The summed E-state index contributed by atoms with van der Waals surface area (Å²) >= 11 is 0. The highest BCUT2D eigenvalue weighted by Gasteiger charge is 3.08. The summed E-state index contributed by atoms with van der Waals surface area (Å²) in [6, 6.07) is 10.8. The molecule has 9 unspecified atom stereocenters. The number of esters is 4. The van der Waals surface area contributed by atoms with Crippen LogP contribution in [0.2, 0.25) is 0 Å². The zero-order chi connectivity index (χ0) is 61.1. The van der Waals surface area contributed by atoms with E-state index in [4.69, 9.17) is 18.9 Å². The Kier molecular flexibility index (Phi) is 9.43. The maximum Gasteiger partial charge on any atom is 0.610 e. The van der Waals surface area contributed by atoms with Gasteiger partial charge in [-0.25, -0.2) is 9.65 Å². The highest BCUT2D eigenvalue weighted by molar-refractivity contribution is 7.52. The molecule has 10 aromatic rings. The van der Waals surface area contributed by atoms with Crippen LogP contribution in [-0.2, 0) is 79.1 Å². The molecule has 20 rings (SSSR count). The predicted molar refractivity (Wildman–Crippen MR) is 325 cm³/mol. The Bertz CT molecular complexity index is 5410. The molecule has 0 bridgehead atoms. The number of ether oxygens (including phenoxy) is 4. The number of carbonyl (C=O) groups is 4. The quantitative estimate of drug-likeness (QED) is 0.00618. The molecule has 3 fully saturated rings. The average Bonchev–Trinajstić information content (AvgIpc) is 1.36. The van der Waals surface area contributed by atoms with E-state index in [1.54, 1.807) is 6.92 Å². The summed E-state index contributed by atoms with van der Waals surface area (Å²) < 4.78 is 73.4. The molecule has 3 saturated carbocycles. The number of nitrogens with one attached hydrogen (secondary N) is 2. The average molecular weight is 1280 g/mol. The van der Waals surface area contributed by atoms with Crippen molar-refractivity contribution in [2.24, 2.45) is 22.2 Å². The first-order chi connectivity index (χ1) is 42.4. The fourth-order valence-electron chi connectivity index (χ4n) is 22.6. The summed E-state index contributed by atoms with van der Waals surface area (Å²) in [5.74, 6) is -5.18. The Morgan fingerprint density at radius 3 is 1.94 bits per heavy atom. The van der Waals surface area contributed by atoms with Crippen molar-refractivity contribution in [3.63, 3.8) is 0 Å². The molecule has 9 N–H and O–H groups in total. The molecule has 89 heavy (non-hydrogen) atoms. The maximum atomic E-state index is 16.4. The van der Waals surface area contributed by atoms with E-state index in [9.17, 15) is 52.5 Å². The van der Waals surface area contributed by atoms with Crippen molar-refractivity contribution >= 4 is 164 Å². The van der Waals surface area contributed by atoms with Gasteiger partial charge in [0.1, 0.15) is 13.2 Å². The summed E-state index contributed by atoms with van der Waals surface area (Å²) in [4.78, 5) is 134. The van der Waals surface area contributed by atoms with Crippen LogP contribution in [0.25, 0.3) is 109 Å². The molecular weight excluding hydrogens is 1220 g/mol. The molecule has 0 heterocycles. The fraction of sp³-hybridized carbons (Fsp3) is 0.375. The van der Waals surface area contributed by atoms with Crippen LogP contribution < -0.4 is 10.2 Å². The van der Waals surface area contributed by atoms with Gasteiger partial charge in [0.2, 0.25) is 0 Å². The van der Waals surface area contributed by atoms with Crippen LogP contribution >= 0.6 is 31.1 Å². The lowest BCUT2D eigenvalue weighted by Crippen LogP contribution is -2.62. The minimum atomic E-state index is -4.77. The third-order valence-corrected chi connectivity index (χ3v) is 27.2. The third kappa shape index (κ3) is 5.26. The second-order valence-corrected chi connectivity index (χ2v) is 33.0. The first-order valence-corrected chi connectivity index (χ1v) is 36.5. The number of fused-ring (bicyclic) bond motifs is 1. The molecule has 21 nitrogen and oxygen atoms in total. The summed E-state index contributed by atoms with van der Waals surface area (Å²) in [6.45, 7) is -0.813. The van der Waals surface area contributed by atoms with E-state index in [0.29, 0.717) is 19.3 Å². The van der Waals surface area contributed by atoms with Crippen molar-refractivity contribution in [2.75, 3.05) is 51.8 Å². The normalized spacial score (nSPS) is 27.6. The van der Waals surface area contributed by atoms with Crippen molar-refractivity contribution in [1.82, 2.24) is 10.2 Å². The fourth-order valence-corrected chi connectivity index (χ4v) is 24.3. The van der Waals surface area contributed by atoms with Gasteiger partial charge in [-0.2, -0.15) is 0 Å². The molecule has 10 aliphatic carbocycles. The van der Waals surface area contributed by atoms with Gasteiger partial charge in [-0.05, 0) is 215 Å². The summed E-state index contributed by atoms with van der Waals surface area (Å²) in [6.07, 6.45) is 6.86. The largest absolute Gasteiger partial charge is 0.610 e. The molecule has 10 aliphatic rings. The lowest BCUT2D eigenvalue weighted by molar-refractivity contribution is -0.179. The number of allylic oxidation sites excluding steroid dienone is 2. The molecule has 10 aromatic carbocycles. The summed E-state index contributed by atoms with van der Waals surface area (Å²) in [7, 11) is -16.7. The summed E-state index contributed by atoms with van der Waals surface area (Å²) in [5.41, 5.74) is 0.329. The molecule has 450 valence electrons. The van der Waals surface area contributed by atoms with E-state index in [1.807, 2.05) is 6.07 Å². The second kappa shape index (κ2) is 15.7. The first-order valence-electron chi connectivity index (χ1n) is 30.1. The molecule has 0 aromatic heterocycles. The second-order valence-electron chi connectivity index (χ2n) is 27.1. The lowest BCUT2D eigenvalue weighted by Gasteiger charge is -2.64. The van der Waals surface area contributed by atoms with E-state index in [2.05, 4.69) is 52.7 Å². The van der Waals surface area contributed by atoms with Crippen LogP contribution in [0.3, 0.4) is 0 Å². The smallest absolute Gasteiger partial charge is 0.465 e. The number of hydrogen-bond donors (Lipinski definition) is 9. The van der Waals surface area contributed by atoms with Gasteiger partial charge in [-0.1, -0.05) is 47.1 Å². The van der Waals surface area contributed by atoms with Gasteiger partial charge < -0.3 is 48.3 Å². The molecule has 3 spiro atoms. The number of hydrogen-bond acceptors (Lipinski definition) is 12. The molecular formula is C64H51N2O19P4+. The minimum absolute atomic E-state index is 0.189. The summed E-state index contributed by atoms with van der Waals surface area (Å²) in [5, 5.41) is 22.0. The number of rotatable bonds is 21. The van der Waals surface area contributed by atoms with Crippen LogP contribution in [0.1, 0.15) is 101 Å². The zero-order valence-electron chi connectivity index (χ0n) is 47.1. The molecule has 0 saturated heterocycles. The topological polar surface area (TPSA) is 339 Å². The van der Waals surface area contributed by atoms with Crippen molar-refractivity contribution in [1.29, 1.82) is 0 Å². The first kappa shape index (κ1) is 53.3. The monoisotopic (exact) mass is 1280 g/mol. The van der Waals surface area contributed by atoms with Crippen LogP contribution in [-0.4, -0.2) is 110 Å². The lowest BCUT2D eigenvalue weighted by atomic mass is 9.38. The van der Waals surface area contributed by atoms with E-state index >= 15 is 19.2 Å². The Morgan fingerprint density at radius 1 is 0.652 bits per heavy atom. The molecule has 0 aliphatic heterocycles. The van der Waals surface area contributed by atoms with Gasteiger partial charge >= 0.3 is 55.0 Å². The highest BCUT2D eigenvalue weighted by Crippen LogP contribution is 3.03. The number of carbonyl (C=O) groups excluding carboxylic acids is 4. The van der Waals surface area contributed by atoms with E-state index in [0.717, 1.165) is 153 Å². The highest BCUT2D eigenvalue weighted by atomic mass is 31.2. The van der Waals surface area contributed by atoms with Crippen LogP contribution in [0.15, 0.2) is 42.0 Å². The van der Waals surface area contributed by atoms with Crippen molar-refractivity contribution < 1.29 is 90.6 Å². The van der Waals surface area contributed by atoms with E-state index in [-0.39, 0.29) is 31.7 Å². The Balaban J connectivity index is 0.935. The zero-order valence-corrected chi connectivity index (χ0v) is 50.6. The standard InChI is InChI=1S/C64H50N2O19P4/c1-59(55(67)84-14-10-65-86(71)72,56(68)85-15-11-66-89(79,80)81)61-9-7-26-20-27-19-25-6-8-60-23-30-22-29-21-28-18-24-4-5-31(61)37-32(24)38-34(28)47-49-45-42(38)41(37)48-44-40(36(26)53(48)61)33(27)39-35(25)52(60)50(46(39)43(44)45)54(49)62(51(29)47)63(64(30,60)62,57(69)82-12-2-16-87(73,74)75)58(70)83-13-3-17-88(76,77)78/h4-6,8,18-21,30,51,53H,2-3,7,9-17,22-23H2,1H3,(H8-,65,66,71,72,73,74,75,76,77,78,79,80,81)/p+1. The van der Waals surface area contributed by atoms with Crippen molar-refractivity contribution in [2.45, 2.75) is 73.5 Å². The number of benzene rings is 8. The van der Waals surface area contributed by atoms with Crippen LogP contribution in [0, 0.1) is 22.2 Å². The van der Waals surface area contributed by atoms with Gasteiger partial charge in [-0.3, -0.25) is 28.3 Å². The molecule has 9 atom stereocenters. The predicted octanol–water partition coefficient (Wildman–Crippen LogP) is 8.55.